The highest BCUT2D eigenvalue weighted by molar-refractivity contribution is 5.25. The smallest absolute Gasteiger partial charge is 0.217 e. The van der Waals surface area contributed by atoms with Gasteiger partial charge in [-0.05, 0) is 19.4 Å². The lowest BCUT2D eigenvalue weighted by atomic mass is 10.1. The van der Waals surface area contributed by atoms with Gasteiger partial charge in [0, 0.05) is 24.3 Å². The van der Waals surface area contributed by atoms with Crippen LogP contribution in [0.1, 0.15) is 57.9 Å². The monoisotopic (exact) mass is 264 g/mol. The fraction of sp³-hybridized carbons (Fsp3) is 0.688. The summed E-state index contributed by atoms with van der Waals surface area (Å²) in [4.78, 5) is 4.21. The van der Waals surface area contributed by atoms with Crippen LogP contribution >= 0.6 is 0 Å². The zero-order valence-corrected chi connectivity index (χ0v) is 12.6. The molecule has 0 spiro atoms. The van der Waals surface area contributed by atoms with Crippen molar-refractivity contribution in [3.8, 4) is 5.88 Å². The molecule has 3 heteroatoms. The predicted molar refractivity (Wildman–Crippen MR) is 80.5 cm³/mol. The first-order valence-corrected chi connectivity index (χ1v) is 7.49. The molecule has 0 aliphatic heterocycles. The highest BCUT2D eigenvalue weighted by atomic mass is 16.5. The highest BCUT2D eigenvalue weighted by Gasteiger charge is 2.05. The molecule has 1 aromatic heterocycles. The molecule has 1 N–H and O–H groups in total. The van der Waals surface area contributed by atoms with Gasteiger partial charge in [-0.1, -0.05) is 45.1 Å². The summed E-state index contributed by atoms with van der Waals surface area (Å²) < 4.78 is 5.25. The van der Waals surface area contributed by atoms with E-state index in [2.05, 4.69) is 30.2 Å². The number of nitrogens with one attached hydrogen (secondary N) is 1. The summed E-state index contributed by atoms with van der Waals surface area (Å²) in [5, 5.41) is 3.54. The Balaban J connectivity index is 2.20. The van der Waals surface area contributed by atoms with Gasteiger partial charge in [0.05, 0.1) is 7.11 Å². The van der Waals surface area contributed by atoms with Gasteiger partial charge in [-0.3, -0.25) is 0 Å². The minimum Gasteiger partial charge on any atom is -0.481 e. The number of hydrogen-bond donors (Lipinski definition) is 1. The fourth-order valence-electron chi connectivity index (χ4n) is 2.18. The lowest BCUT2D eigenvalue weighted by Crippen LogP contribution is -2.25. The van der Waals surface area contributed by atoms with E-state index in [1.54, 1.807) is 13.3 Å². The van der Waals surface area contributed by atoms with E-state index >= 15 is 0 Å². The van der Waals surface area contributed by atoms with Crippen LogP contribution in [-0.4, -0.2) is 18.1 Å². The summed E-state index contributed by atoms with van der Waals surface area (Å²) >= 11 is 0. The van der Waals surface area contributed by atoms with E-state index in [-0.39, 0.29) is 0 Å². The van der Waals surface area contributed by atoms with Crippen molar-refractivity contribution in [2.75, 3.05) is 7.11 Å². The number of methoxy groups -OCH3 is 1. The second kappa shape index (κ2) is 9.79. The molecule has 0 radical (unpaired) electrons. The van der Waals surface area contributed by atoms with Crippen molar-refractivity contribution in [1.29, 1.82) is 0 Å². The molecule has 0 saturated heterocycles. The number of aromatic nitrogens is 1. The van der Waals surface area contributed by atoms with Crippen molar-refractivity contribution in [2.24, 2.45) is 0 Å². The van der Waals surface area contributed by atoms with Crippen LogP contribution in [0.3, 0.4) is 0 Å². The standard InChI is InChI=1S/C16H28N2O/c1-4-5-6-7-8-10-14(2)18-13-15-11-9-12-17-16(15)19-3/h9,11-12,14,18H,4-8,10,13H2,1-3H3. The Morgan fingerprint density at radius 3 is 2.79 bits per heavy atom. The molecule has 1 unspecified atom stereocenters. The van der Waals surface area contributed by atoms with E-state index in [0.29, 0.717) is 6.04 Å². The number of ether oxygens (including phenoxy) is 1. The van der Waals surface area contributed by atoms with Gasteiger partial charge in [-0.15, -0.1) is 0 Å². The van der Waals surface area contributed by atoms with Crippen molar-refractivity contribution in [3.63, 3.8) is 0 Å². The first kappa shape index (κ1) is 16.0. The molecular formula is C16H28N2O. The summed E-state index contributed by atoms with van der Waals surface area (Å²) in [5.74, 6) is 0.727. The number of rotatable bonds is 10. The minimum absolute atomic E-state index is 0.548. The molecule has 0 saturated carbocycles. The van der Waals surface area contributed by atoms with Crippen molar-refractivity contribution in [2.45, 2.75) is 65.0 Å². The summed E-state index contributed by atoms with van der Waals surface area (Å²) in [6, 6.07) is 4.56. The first-order valence-electron chi connectivity index (χ1n) is 7.49. The lowest BCUT2D eigenvalue weighted by molar-refractivity contribution is 0.387. The summed E-state index contributed by atoms with van der Waals surface area (Å²) in [7, 11) is 1.67. The Morgan fingerprint density at radius 2 is 2.05 bits per heavy atom. The quantitative estimate of drug-likeness (QED) is 0.650. The predicted octanol–water partition coefficient (Wildman–Crippen LogP) is 3.93. The molecule has 1 aromatic rings. The van der Waals surface area contributed by atoms with E-state index in [0.717, 1.165) is 18.0 Å². The van der Waals surface area contributed by atoms with Crippen LogP contribution < -0.4 is 10.1 Å². The molecule has 3 nitrogen and oxygen atoms in total. The van der Waals surface area contributed by atoms with Crippen LogP contribution in [0.4, 0.5) is 0 Å². The topological polar surface area (TPSA) is 34.2 Å². The van der Waals surface area contributed by atoms with Gasteiger partial charge in [0.2, 0.25) is 5.88 Å². The maximum Gasteiger partial charge on any atom is 0.217 e. The van der Waals surface area contributed by atoms with Gasteiger partial charge in [0.1, 0.15) is 0 Å². The van der Waals surface area contributed by atoms with E-state index in [9.17, 15) is 0 Å². The number of nitrogens with zero attached hydrogens (tertiary/aromatic N) is 1. The van der Waals surface area contributed by atoms with Gasteiger partial charge in [0.15, 0.2) is 0 Å². The molecule has 108 valence electrons. The molecule has 19 heavy (non-hydrogen) atoms. The average molecular weight is 264 g/mol. The van der Waals surface area contributed by atoms with Gasteiger partial charge >= 0.3 is 0 Å². The van der Waals surface area contributed by atoms with Crippen LogP contribution in [0.25, 0.3) is 0 Å². The molecule has 0 aliphatic carbocycles. The van der Waals surface area contributed by atoms with E-state index in [1.807, 2.05) is 6.07 Å². The normalized spacial score (nSPS) is 12.4. The van der Waals surface area contributed by atoms with E-state index < -0.39 is 0 Å². The molecular weight excluding hydrogens is 236 g/mol. The first-order chi connectivity index (χ1) is 9.27. The molecule has 0 bridgehead atoms. The number of unbranched alkanes of at least 4 members (excludes halogenated alkanes) is 4. The van der Waals surface area contributed by atoms with Gasteiger partial charge in [-0.25, -0.2) is 4.98 Å². The second-order valence-corrected chi connectivity index (χ2v) is 5.16. The minimum atomic E-state index is 0.548. The molecule has 0 fully saturated rings. The van der Waals surface area contributed by atoms with Gasteiger partial charge in [-0.2, -0.15) is 0 Å². The third-order valence-corrected chi connectivity index (χ3v) is 3.42. The Kier molecular flexibility index (Phi) is 8.23. The Morgan fingerprint density at radius 1 is 1.26 bits per heavy atom. The Labute approximate surface area is 117 Å². The van der Waals surface area contributed by atoms with E-state index in [4.69, 9.17) is 4.74 Å². The molecule has 1 rings (SSSR count). The van der Waals surface area contributed by atoms with Crippen molar-refractivity contribution in [3.05, 3.63) is 23.9 Å². The molecule has 1 atom stereocenters. The molecule has 0 aromatic carbocycles. The van der Waals surface area contributed by atoms with Gasteiger partial charge in [0.25, 0.3) is 0 Å². The highest BCUT2D eigenvalue weighted by Crippen LogP contribution is 2.14. The Bertz CT molecular complexity index is 341. The van der Waals surface area contributed by atoms with Crippen molar-refractivity contribution in [1.82, 2.24) is 10.3 Å². The number of pyridine rings is 1. The lowest BCUT2D eigenvalue weighted by Gasteiger charge is -2.14. The summed E-state index contributed by atoms with van der Waals surface area (Å²) in [6.07, 6.45) is 9.74. The van der Waals surface area contributed by atoms with Crippen LogP contribution in [0, 0.1) is 0 Å². The molecule has 1 heterocycles. The second-order valence-electron chi connectivity index (χ2n) is 5.16. The van der Waals surface area contributed by atoms with Crippen LogP contribution in [0.2, 0.25) is 0 Å². The van der Waals surface area contributed by atoms with E-state index in [1.165, 1.54) is 38.5 Å². The molecule has 0 amide bonds. The SMILES string of the molecule is CCCCCCCC(C)NCc1cccnc1OC. The largest absolute Gasteiger partial charge is 0.481 e. The summed E-state index contributed by atoms with van der Waals surface area (Å²) in [6.45, 7) is 5.33. The molecule has 0 aliphatic rings. The third kappa shape index (κ3) is 6.58. The van der Waals surface area contributed by atoms with Crippen LogP contribution in [-0.2, 0) is 6.54 Å². The number of hydrogen-bond acceptors (Lipinski definition) is 3. The zero-order chi connectivity index (χ0) is 13.9. The average Bonchev–Trinajstić information content (AvgIpc) is 2.45. The maximum absolute atomic E-state index is 5.25. The maximum atomic E-state index is 5.25. The Hall–Kier alpha value is -1.09. The van der Waals surface area contributed by atoms with Gasteiger partial charge < -0.3 is 10.1 Å². The fourth-order valence-corrected chi connectivity index (χ4v) is 2.18. The van der Waals surface area contributed by atoms with Crippen LogP contribution in [0.15, 0.2) is 18.3 Å². The van der Waals surface area contributed by atoms with Crippen molar-refractivity contribution >= 4 is 0 Å². The van der Waals surface area contributed by atoms with Crippen molar-refractivity contribution < 1.29 is 4.74 Å². The van der Waals surface area contributed by atoms with Crippen LogP contribution in [0.5, 0.6) is 5.88 Å². The summed E-state index contributed by atoms with van der Waals surface area (Å²) in [5.41, 5.74) is 1.13. The zero-order valence-electron chi connectivity index (χ0n) is 12.6. The third-order valence-electron chi connectivity index (χ3n) is 3.42.